The zero-order valence-electron chi connectivity index (χ0n) is 7.77. The van der Waals surface area contributed by atoms with Crippen molar-refractivity contribution in [1.82, 2.24) is 10.4 Å². The maximum absolute atomic E-state index is 11.2. The summed E-state index contributed by atoms with van der Waals surface area (Å²) in [5, 5.41) is 17.4. The normalized spacial score (nSPS) is 24.2. The Morgan fingerprint density at radius 1 is 1.67 bits per heavy atom. The summed E-state index contributed by atoms with van der Waals surface area (Å²) in [7, 11) is 0. The van der Waals surface area contributed by atoms with Gasteiger partial charge in [0.05, 0.1) is 11.8 Å². The largest absolute Gasteiger partial charge is 0.477 e. The molecule has 0 aromatic heterocycles. The van der Waals surface area contributed by atoms with Gasteiger partial charge in [-0.3, -0.25) is 9.69 Å². The lowest BCUT2D eigenvalue weighted by molar-refractivity contribution is -0.145. The third-order valence-corrected chi connectivity index (χ3v) is 3.69. The fourth-order valence-electron chi connectivity index (χ4n) is 1.67. The molecular formula is C8H10N2O4S. The summed E-state index contributed by atoms with van der Waals surface area (Å²) in [6, 6.07) is 0. The molecule has 1 fully saturated rings. The number of hydrogen-bond donors (Lipinski definition) is 3. The molecule has 2 aliphatic heterocycles. The molecular weight excluding hydrogens is 220 g/mol. The molecule has 1 atom stereocenters. The van der Waals surface area contributed by atoms with Crippen molar-refractivity contribution in [3.05, 3.63) is 10.6 Å². The van der Waals surface area contributed by atoms with Crippen LogP contribution in [0.5, 0.6) is 0 Å². The van der Waals surface area contributed by atoms with E-state index in [1.165, 1.54) is 16.7 Å². The Labute approximate surface area is 89.9 Å². The lowest BCUT2D eigenvalue weighted by Crippen LogP contribution is -2.48. The molecule has 0 aliphatic carbocycles. The third kappa shape index (κ3) is 1.62. The molecule has 2 aliphatic rings. The van der Waals surface area contributed by atoms with E-state index in [9.17, 15) is 9.59 Å². The second kappa shape index (κ2) is 3.84. The fraction of sp³-hybridized carbons (Fsp3) is 0.500. The first-order chi connectivity index (χ1) is 7.15. The van der Waals surface area contributed by atoms with Gasteiger partial charge >= 0.3 is 5.97 Å². The summed E-state index contributed by atoms with van der Waals surface area (Å²) >= 11 is 1.39. The van der Waals surface area contributed by atoms with Crippen molar-refractivity contribution >= 4 is 23.6 Å². The molecule has 0 saturated carbocycles. The van der Waals surface area contributed by atoms with Crippen LogP contribution in [-0.4, -0.2) is 39.0 Å². The van der Waals surface area contributed by atoms with Gasteiger partial charge in [-0.05, 0) is 6.42 Å². The Balaban J connectivity index is 2.19. The van der Waals surface area contributed by atoms with E-state index in [1.54, 1.807) is 0 Å². The van der Waals surface area contributed by atoms with Crippen molar-refractivity contribution < 1.29 is 19.9 Å². The van der Waals surface area contributed by atoms with E-state index in [2.05, 4.69) is 0 Å². The van der Waals surface area contributed by atoms with Crippen LogP contribution >= 0.6 is 11.8 Å². The van der Waals surface area contributed by atoms with Gasteiger partial charge in [0, 0.05) is 11.4 Å². The van der Waals surface area contributed by atoms with Crippen LogP contribution in [-0.2, 0) is 9.59 Å². The molecule has 7 heteroatoms. The Morgan fingerprint density at radius 3 is 2.93 bits per heavy atom. The van der Waals surface area contributed by atoms with Gasteiger partial charge in [0.25, 0.3) is 0 Å². The lowest BCUT2D eigenvalue weighted by atomic mass is 10.1. The predicted molar refractivity (Wildman–Crippen MR) is 51.9 cm³/mol. The van der Waals surface area contributed by atoms with Crippen LogP contribution in [0.2, 0.25) is 0 Å². The number of aliphatic carboxylic acids is 1. The lowest BCUT2D eigenvalue weighted by Gasteiger charge is -2.33. The number of carbonyl (C=O) groups excluding carboxylic acids is 1. The number of β-lactam (4-membered cyclic amide) rings is 1. The van der Waals surface area contributed by atoms with Crippen molar-refractivity contribution in [2.75, 3.05) is 6.54 Å². The van der Waals surface area contributed by atoms with Gasteiger partial charge in [-0.2, -0.15) is 0 Å². The SMILES string of the molecule is O=C(O)C1=C(CCNO)S[C@H]2CC(=O)N12. The van der Waals surface area contributed by atoms with E-state index >= 15 is 0 Å². The average molecular weight is 230 g/mol. The van der Waals surface area contributed by atoms with Crippen molar-refractivity contribution in [2.45, 2.75) is 18.2 Å². The van der Waals surface area contributed by atoms with Crippen LogP contribution in [0.15, 0.2) is 10.6 Å². The second-order valence-electron chi connectivity index (χ2n) is 3.28. The maximum atomic E-state index is 11.2. The minimum Gasteiger partial charge on any atom is -0.477 e. The summed E-state index contributed by atoms with van der Waals surface area (Å²) in [5.74, 6) is -1.22. The first-order valence-corrected chi connectivity index (χ1v) is 5.35. The molecule has 0 aromatic rings. The smallest absolute Gasteiger partial charge is 0.353 e. The number of carboxylic acid groups (broad SMARTS) is 1. The molecule has 3 N–H and O–H groups in total. The number of amides is 1. The average Bonchev–Trinajstić information content (AvgIpc) is 2.47. The number of thioether (sulfide) groups is 1. The topological polar surface area (TPSA) is 89.9 Å². The van der Waals surface area contributed by atoms with E-state index in [0.717, 1.165) is 0 Å². The van der Waals surface area contributed by atoms with E-state index in [4.69, 9.17) is 10.3 Å². The van der Waals surface area contributed by atoms with Crippen LogP contribution in [0, 0.1) is 0 Å². The first-order valence-electron chi connectivity index (χ1n) is 4.47. The monoisotopic (exact) mass is 230 g/mol. The first kappa shape index (κ1) is 10.5. The number of nitrogens with one attached hydrogen (secondary N) is 1. The minimum atomic E-state index is -1.08. The number of rotatable bonds is 4. The van der Waals surface area contributed by atoms with Gasteiger partial charge in [0.15, 0.2) is 0 Å². The Bertz CT molecular complexity index is 355. The van der Waals surface area contributed by atoms with Gasteiger partial charge in [-0.15, -0.1) is 11.8 Å². The van der Waals surface area contributed by atoms with E-state index in [1.807, 2.05) is 5.48 Å². The van der Waals surface area contributed by atoms with Crippen molar-refractivity contribution in [3.8, 4) is 0 Å². The van der Waals surface area contributed by atoms with Crippen molar-refractivity contribution in [3.63, 3.8) is 0 Å². The zero-order chi connectivity index (χ0) is 11.0. The quantitative estimate of drug-likeness (QED) is 0.463. The standard InChI is InChI=1S/C8H10N2O4S/c11-5-3-6-10(5)7(8(12)13)4(15-6)1-2-9-14/h6,9,14H,1-3H2,(H,12,13)/t6-/m0/s1. The third-order valence-electron chi connectivity index (χ3n) is 2.36. The summed E-state index contributed by atoms with van der Waals surface area (Å²) in [4.78, 5) is 24.1. The highest BCUT2D eigenvalue weighted by molar-refractivity contribution is 8.04. The molecule has 0 unspecified atom stereocenters. The summed E-state index contributed by atoms with van der Waals surface area (Å²) in [5.41, 5.74) is 2.05. The number of carboxylic acids is 1. The molecule has 1 saturated heterocycles. The van der Waals surface area contributed by atoms with E-state index in [-0.39, 0.29) is 23.5 Å². The highest BCUT2D eigenvalue weighted by atomic mass is 32.2. The zero-order valence-corrected chi connectivity index (χ0v) is 8.58. The van der Waals surface area contributed by atoms with E-state index < -0.39 is 5.97 Å². The van der Waals surface area contributed by atoms with Crippen LogP contribution in [0.3, 0.4) is 0 Å². The van der Waals surface area contributed by atoms with Gasteiger partial charge in [0.2, 0.25) is 5.91 Å². The molecule has 0 bridgehead atoms. The molecule has 2 rings (SSSR count). The van der Waals surface area contributed by atoms with Crippen LogP contribution in [0.4, 0.5) is 0 Å². The summed E-state index contributed by atoms with van der Waals surface area (Å²) < 4.78 is 0. The number of carbonyl (C=O) groups is 2. The Kier molecular flexibility index (Phi) is 2.68. The Hall–Kier alpha value is -1.05. The molecule has 0 aromatic carbocycles. The number of hydroxylamine groups is 1. The van der Waals surface area contributed by atoms with Crippen molar-refractivity contribution in [2.24, 2.45) is 0 Å². The van der Waals surface area contributed by atoms with Crippen LogP contribution in [0.1, 0.15) is 12.8 Å². The molecule has 0 radical (unpaired) electrons. The molecule has 0 spiro atoms. The van der Waals surface area contributed by atoms with Crippen LogP contribution < -0.4 is 5.48 Å². The van der Waals surface area contributed by atoms with Gasteiger partial charge in [-0.1, -0.05) is 0 Å². The molecule has 2 heterocycles. The highest BCUT2D eigenvalue weighted by Gasteiger charge is 2.47. The fourth-order valence-corrected chi connectivity index (χ4v) is 3.07. The van der Waals surface area contributed by atoms with Gasteiger partial charge < -0.3 is 10.3 Å². The minimum absolute atomic E-state index is 0.0442. The number of hydrogen-bond acceptors (Lipinski definition) is 5. The van der Waals surface area contributed by atoms with E-state index in [0.29, 0.717) is 17.7 Å². The maximum Gasteiger partial charge on any atom is 0.353 e. The predicted octanol–water partition coefficient (Wildman–Crippen LogP) is -0.0433. The molecule has 82 valence electrons. The second-order valence-corrected chi connectivity index (χ2v) is 4.55. The van der Waals surface area contributed by atoms with Crippen LogP contribution in [0.25, 0.3) is 0 Å². The summed E-state index contributed by atoms with van der Waals surface area (Å²) in [6.07, 6.45) is 0.820. The number of fused-ring (bicyclic) bond motifs is 1. The Morgan fingerprint density at radius 2 is 2.40 bits per heavy atom. The molecule has 15 heavy (non-hydrogen) atoms. The highest BCUT2D eigenvalue weighted by Crippen LogP contribution is 2.46. The number of nitrogens with zero attached hydrogens (tertiary/aromatic N) is 1. The van der Waals surface area contributed by atoms with Crippen molar-refractivity contribution in [1.29, 1.82) is 0 Å². The van der Waals surface area contributed by atoms with Gasteiger partial charge in [0.1, 0.15) is 5.70 Å². The molecule has 6 nitrogen and oxygen atoms in total. The van der Waals surface area contributed by atoms with Gasteiger partial charge in [-0.25, -0.2) is 10.3 Å². The summed E-state index contributed by atoms with van der Waals surface area (Å²) in [6.45, 7) is 0.286. The molecule has 1 amide bonds.